The second-order valence-electron chi connectivity index (χ2n) is 7.41. The molecule has 0 aliphatic carbocycles. The molecule has 0 spiro atoms. The zero-order valence-electron chi connectivity index (χ0n) is 15.0. The van der Waals surface area contributed by atoms with E-state index < -0.39 is 0 Å². The minimum Gasteiger partial charge on any atom is -0.366 e. The maximum absolute atomic E-state index is 5.75. The number of rotatable bonds is 4. The van der Waals surface area contributed by atoms with Crippen LogP contribution in [-0.2, 0) is 6.54 Å². The van der Waals surface area contributed by atoms with E-state index in [0.717, 1.165) is 35.5 Å². The van der Waals surface area contributed by atoms with Crippen molar-refractivity contribution in [1.82, 2.24) is 24.4 Å². The fraction of sp³-hybridized carbons (Fsp3) is 0.400. The Hall–Kier alpha value is -2.44. The maximum atomic E-state index is 5.75. The third-order valence-electron chi connectivity index (χ3n) is 5.89. The highest BCUT2D eigenvalue weighted by Gasteiger charge is 2.41. The first-order chi connectivity index (χ1) is 12.7. The summed E-state index contributed by atoms with van der Waals surface area (Å²) in [4.78, 5) is 9.50. The molecule has 2 fully saturated rings. The quantitative estimate of drug-likeness (QED) is 0.784. The zero-order chi connectivity index (χ0) is 17.7. The van der Waals surface area contributed by atoms with Crippen LogP contribution < -0.4 is 5.73 Å². The van der Waals surface area contributed by atoms with Gasteiger partial charge >= 0.3 is 0 Å². The Morgan fingerprint density at radius 2 is 1.81 bits per heavy atom. The van der Waals surface area contributed by atoms with Gasteiger partial charge in [0.25, 0.3) is 0 Å². The first-order valence-corrected chi connectivity index (χ1v) is 9.40. The number of pyridine rings is 1. The number of hydrogen-bond donors (Lipinski definition) is 1. The summed E-state index contributed by atoms with van der Waals surface area (Å²) in [6.07, 6.45) is 1.33. The highest BCUT2D eigenvalue weighted by atomic mass is 15.3. The lowest BCUT2D eigenvalue weighted by atomic mass is 10.1. The van der Waals surface area contributed by atoms with Gasteiger partial charge in [0.2, 0.25) is 5.95 Å². The highest BCUT2D eigenvalue weighted by Crippen LogP contribution is 2.31. The van der Waals surface area contributed by atoms with E-state index in [4.69, 9.17) is 5.73 Å². The summed E-state index contributed by atoms with van der Waals surface area (Å²) >= 11 is 0. The number of piperazine rings is 1. The summed E-state index contributed by atoms with van der Waals surface area (Å²) in [5, 5.41) is 4.31. The lowest BCUT2D eigenvalue weighted by Crippen LogP contribution is -2.45. The topological polar surface area (TPSA) is 62.7 Å². The molecule has 6 heteroatoms. The fourth-order valence-electron chi connectivity index (χ4n) is 4.57. The van der Waals surface area contributed by atoms with E-state index in [0.29, 0.717) is 5.95 Å². The van der Waals surface area contributed by atoms with Gasteiger partial charge in [0.15, 0.2) is 5.65 Å². The Kier molecular flexibility index (Phi) is 3.69. The number of nitrogens with two attached hydrogens (primary N) is 1. The van der Waals surface area contributed by atoms with Crippen molar-refractivity contribution in [1.29, 1.82) is 0 Å². The predicted molar refractivity (Wildman–Crippen MR) is 103 cm³/mol. The Morgan fingerprint density at radius 1 is 1.04 bits per heavy atom. The van der Waals surface area contributed by atoms with Crippen molar-refractivity contribution in [3.63, 3.8) is 0 Å². The third-order valence-corrected chi connectivity index (χ3v) is 5.89. The molecule has 1 aromatic carbocycles. The third kappa shape index (κ3) is 2.57. The van der Waals surface area contributed by atoms with E-state index in [1.165, 1.54) is 31.6 Å². The number of likely N-dealkylation sites (N-methyl/N-ethyl adjacent to an activating group) is 1. The molecule has 2 saturated heterocycles. The SMILES string of the molecule is CCN1C[C@H]2C[C@@H]1CN2Cc1ccc(-c2cccc3nc(N)nn23)cc1. The van der Waals surface area contributed by atoms with Gasteiger partial charge in [0.05, 0.1) is 5.69 Å². The fourth-order valence-corrected chi connectivity index (χ4v) is 4.57. The molecule has 4 heterocycles. The normalized spacial score (nSPS) is 23.3. The van der Waals surface area contributed by atoms with Crippen LogP contribution in [0.5, 0.6) is 0 Å². The van der Waals surface area contributed by atoms with Crippen LogP contribution in [0.3, 0.4) is 0 Å². The van der Waals surface area contributed by atoms with Gasteiger partial charge in [0, 0.05) is 37.3 Å². The molecule has 6 nitrogen and oxygen atoms in total. The Labute approximate surface area is 153 Å². The largest absolute Gasteiger partial charge is 0.366 e. The van der Waals surface area contributed by atoms with Crippen LogP contribution in [0.2, 0.25) is 0 Å². The molecule has 2 aromatic heterocycles. The number of likely N-dealkylation sites (tertiary alicyclic amines) is 2. The van der Waals surface area contributed by atoms with Gasteiger partial charge in [-0.25, -0.2) is 4.52 Å². The van der Waals surface area contributed by atoms with Crippen LogP contribution in [0.1, 0.15) is 18.9 Å². The molecule has 0 amide bonds. The maximum Gasteiger partial charge on any atom is 0.240 e. The number of nitrogen functional groups attached to an aromatic ring is 1. The first kappa shape index (κ1) is 15.8. The lowest BCUT2D eigenvalue weighted by molar-refractivity contribution is 0.127. The van der Waals surface area contributed by atoms with Crippen molar-refractivity contribution in [3.8, 4) is 11.3 Å². The van der Waals surface area contributed by atoms with Crippen LogP contribution in [0.25, 0.3) is 16.9 Å². The number of nitrogens with zero attached hydrogens (tertiary/aromatic N) is 5. The van der Waals surface area contributed by atoms with E-state index in [2.05, 4.69) is 57.1 Å². The van der Waals surface area contributed by atoms with Crippen molar-refractivity contribution in [2.45, 2.75) is 32.0 Å². The molecule has 2 N–H and O–H groups in total. The average molecular weight is 348 g/mol. The summed E-state index contributed by atoms with van der Waals surface area (Å²) in [7, 11) is 0. The van der Waals surface area contributed by atoms with Gasteiger partial charge in [-0.05, 0) is 30.7 Å². The molecule has 3 aromatic rings. The van der Waals surface area contributed by atoms with Crippen LogP contribution >= 0.6 is 0 Å². The van der Waals surface area contributed by atoms with Gasteiger partial charge in [-0.15, -0.1) is 5.10 Å². The summed E-state index contributed by atoms with van der Waals surface area (Å²) in [5.74, 6) is 0.305. The lowest BCUT2D eigenvalue weighted by Gasteiger charge is -2.33. The van der Waals surface area contributed by atoms with Crippen molar-refractivity contribution in [2.24, 2.45) is 0 Å². The van der Waals surface area contributed by atoms with Crippen molar-refractivity contribution >= 4 is 11.6 Å². The van der Waals surface area contributed by atoms with Gasteiger partial charge in [0.1, 0.15) is 0 Å². The van der Waals surface area contributed by atoms with E-state index in [9.17, 15) is 0 Å². The van der Waals surface area contributed by atoms with E-state index in [-0.39, 0.29) is 0 Å². The van der Waals surface area contributed by atoms with E-state index in [1.807, 2.05) is 16.6 Å². The predicted octanol–water partition coefficient (Wildman–Crippen LogP) is 2.26. The molecule has 2 aliphatic heterocycles. The summed E-state index contributed by atoms with van der Waals surface area (Å²) in [6.45, 7) is 6.93. The van der Waals surface area contributed by atoms with E-state index >= 15 is 0 Å². The smallest absolute Gasteiger partial charge is 0.240 e. The van der Waals surface area contributed by atoms with Crippen molar-refractivity contribution < 1.29 is 0 Å². The van der Waals surface area contributed by atoms with Gasteiger partial charge < -0.3 is 5.73 Å². The number of fused-ring (bicyclic) bond motifs is 3. The van der Waals surface area contributed by atoms with Crippen LogP contribution in [0, 0.1) is 0 Å². The molecule has 0 saturated carbocycles. The molecular weight excluding hydrogens is 324 g/mol. The van der Waals surface area contributed by atoms with Gasteiger partial charge in [-0.1, -0.05) is 37.3 Å². The standard InChI is InChI=1S/C20H24N6/c1-2-24-12-17-10-16(24)13-25(17)11-14-6-8-15(9-7-14)18-4-3-5-19-22-20(21)23-26(18)19/h3-9,16-17H,2,10-13H2,1H3,(H2,21,23)/t16-,17-/m1/s1. The Bertz CT molecular complexity index is 931. The average Bonchev–Trinajstić information content (AvgIpc) is 3.34. The molecule has 0 unspecified atom stereocenters. The summed E-state index contributed by atoms with van der Waals surface area (Å²) in [6, 6.07) is 16.3. The molecular formula is C20H24N6. The van der Waals surface area contributed by atoms with Crippen molar-refractivity contribution in [3.05, 3.63) is 48.0 Å². The van der Waals surface area contributed by atoms with Gasteiger partial charge in [-0.3, -0.25) is 9.80 Å². The minimum atomic E-state index is 0.305. The highest BCUT2D eigenvalue weighted by molar-refractivity contribution is 5.63. The number of hydrogen-bond acceptors (Lipinski definition) is 5. The number of anilines is 1. The second-order valence-corrected chi connectivity index (χ2v) is 7.41. The molecule has 2 atom stereocenters. The van der Waals surface area contributed by atoms with Crippen LogP contribution in [0.4, 0.5) is 5.95 Å². The monoisotopic (exact) mass is 348 g/mol. The summed E-state index contributed by atoms with van der Waals surface area (Å²) in [5.41, 5.74) is 10.0. The van der Waals surface area contributed by atoms with Gasteiger partial charge in [-0.2, -0.15) is 4.98 Å². The molecule has 0 radical (unpaired) electrons. The van der Waals surface area contributed by atoms with Crippen molar-refractivity contribution in [2.75, 3.05) is 25.4 Å². The van der Waals surface area contributed by atoms with E-state index in [1.54, 1.807) is 0 Å². The minimum absolute atomic E-state index is 0.305. The molecule has 2 bridgehead atoms. The second kappa shape index (κ2) is 6.07. The molecule has 5 rings (SSSR count). The first-order valence-electron chi connectivity index (χ1n) is 9.40. The van der Waals surface area contributed by atoms with Crippen LogP contribution in [0.15, 0.2) is 42.5 Å². The Morgan fingerprint density at radius 3 is 2.54 bits per heavy atom. The van der Waals surface area contributed by atoms with Crippen LogP contribution in [-0.4, -0.2) is 56.1 Å². The zero-order valence-corrected chi connectivity index (χ0v) is 15.0. The molecule has 26 heavy (non-hydrogen) atoms. The molecule has 2 aliphatic rings. The Balaban J connectivity index is 1.35. The number of aromatic nitrogens is 3. The molecule has 134 valence electrons. The summed E-state index contributed by atoms with van der Waals surface area (Å²) < 4.78 is 1.81. The number of benzene rings is 1.